The first kappa shape index (κ1) is 23.1. The molecule has 0 saturated heterocycles. The summed E-state index contributed by atoms with van der Waals surface area (Å²) in [5, 5.41) is 7.29. The van der Waals surface area contributed by atoms with E-state index < -0.39 is 0 Å². The summed E-state index contributed by atoms with van der Waals surface area (Å²) in [6.07, 6.45) is 5.15. The molecule has 8 heteroatoms. The van der Waals surface area contributed by atoms with E-state index in [1.54, 1.807) is 7.05 Å². The van der Waals surface area contributed by atoms with Gasteiger partial charge in [-0.25, -0.2) is 0 Å². The number of nitrogens with zero attached hydrogens (tertiary/aromatic N) is 4. The van der Waals surface area contributed by atoms with Crippen molar-refractivity contribution in [3.8, 4) is 0 Å². The zero-order valence-corrected chi connectivity index (χ0v) is 19.0. The van der Waals surface area contributed by atoms with Gasteiger partial charge in [0.15, 0.2) is 11.8 Å². The van der Waals surface area contributed by atoms with E-state index >= 15 is 0 Å². The van der Waals surface area contributed by atoms with Gasteiger partial charge in [0, 0.05) is 27.2 Å². The lowest BCUT2D eigenvalue weighted by Crippen LogP contribution is -2.41. The van der Waals surface area contributed by atoms with Gasteiger partial charge in [0.05, 0.1) is 6.54 Å². The van der Waals surface area contributed by atoms with Gasteiger partial charge in [-0.1, -0.05) is 24.9 Å². The Morgan fingerprint density at radius 1 is 1.38 bits per heavy atom. The number of aromatic nitrogens is 2. The average Bonchev–Trinajstić information content (AvgIpc) is 3.07. The topological polar surface area (TPSA) is 75.8 Å². The molecule has 1 saturated carbocycles. The summed E-state index contributed by atoms with van der Waals surface area (Å²) >= 11 is 0. The Kier molecular flexibility index (Phi) is 10.4. The maximum atomic E-state index is 5.48. The Balaban J connectivity index is 0.00000338. The van der Waals surface area contributed by atoms with E-state index in [9.17, 15) is 0 Å². The lowest BCUT2D eigenvalue weighted by Gasteiger charge is -2.31. The van der Waals surface area contributed by atoms with Crippen molar-refractivity contribution in [2.75, 3.05) is 27.2 Å². The highest BCUT2D eigenvalue weighted by Crippen LogP contribution is 2.28. The summed E-state index contributed by atoms with van der Waals surface area (Å²) in [4.78, 5) is 10.9. The standard InChI is InChI=1S/C18H33N5O2.HI/c1-6-24-14(3)17-21-16(25-22-17)11-20-18(19-4)23(5)12-15-9-7-13(2)8-10-15;/h13-15H,6-12H2,1-5H3,(H,19,20);1H. The maximum absolute atomic E-state index is 5.48. The number of guanidine groups is 1. The van der Waals surface area contributed by atoms with Gasteiger partial charge < -0.3 is 19.5 Å². The number of rotatable bonds is 7. The van der Waals surface area contributed by atoms with E-state index in [0.29, 0.717) is 24.9 Å². The van der Waals surface area contributed by atoms with Crippen LogP contribution in [-0.2, 0) is 11.3 Å². The maximum Gasteiger partial charge on any atom is 0.246 e. The molecule has 1 unspecified atom stereocenters. The zero-order chi connectivity index (χ0) is 18.2. The van der Waals surface area contributed by atoms with Crippen LogP contribution < -0.4 is 5.32 Å². The minimum atomic E-state index is -0.154. The van der Waals surface area contributed by atoms with Crippen LogP contribution in [0.3, 0.4) is 0 Å². The molecule has 1 aromatic rings. The van der Waals surface area contributed by atoms with Gasteiger partial charge in [-0.05, 0) is 38.5 Å². The van der Waals surface area contributed by atoms with E-state index in [1.165, 1.54) is 25.7 Å². The van der Waals surface area contributed by atoms with Crippen molar-refractivity contribution in [2.24, 2.45) is 16.8 Å². The molecule has 26 heavy (non-hydrogen) atoms. The van der Waals surface area contributed by atoms with Crippen LogP contribution in [0.1, 0.15) is 64.3 Å². The highest BCUT2D eigenvalue weighted by molar-refractivity contribution is 14.0. The lowest BCUT2D eigenvalue weighted by atomic mass is 9.83. The molecule has 1 heterocycles. The molecule has 1 aliphatic rings. The fourth-order valence-corrected chi connectivity index (χ4v) is 3.35. The second kappa shape index (κ2) is 11.7. The van der Waals surface area contributed by atoms with Crippen LogP contribution >= 0.6 is 24.0 Å². The molecular formula is C18H34IN5O2. The molecule has 0 spiro atoms. The first-order chi connectivity index (χ1) is 12.0. The third-order valence-electron chi connectivity index (χ3n) is 4.90. The zero-order valence-electron chi connectivity index (χ0n) is 16.7. The fraction of sp³-hybridized carbons (Fsp3) is 0.833. The molecule has 2 rings (SSSR count). The van der Waals surface area contributed by atoms with Crippen LogP contribution in [0, 0.1) is 11.8 Å². The normalized spacial score (nSPS) is 21.8. The molecule has 150 valence electrons. The molecule has 1 aromatic heterocycles. The van der Waals surface area contributed by atoms with Crippen LogP contribution in [0.15, 0.2) is 9.52 Å². The summed E-state index contributed by atoms with van der Waals surface area (Å²) in [6.45, 7) is 8.34. The quantitative estimate of drug-likeness (QED) is 0.366. The van der Waals surface area contributed by atoms with Crippen LogP contribution in [0.2, 0.25) is 0 Å². The third-order valence-corrected chi connectivity index (χ3v) is 4.90. The smallest absolute Gasteiger partial charge is 0.246 e. The Hall–Kier alpha value is -0.900. The van der Waals surface area contributed by atoms with E-state index in [1.807, 2.05) is 13.8 Å². The summed E-state index contributed by atoms with van der Waals surface area (Å²) in [5.41, 5.74) is 0. The van der Waals surface area contributed by atoms with Gasteiger partial charge in [0.2, 0.25) is 5.89 Å². The largest absolute Gasteiger partial charge is 0.371 e. The number of aliphatic imine (C=N–C) groups is 1. The van der Waals surface area contributed by atoms with Gasteiger partial charge in [0.1, 0.15) is 6.10 Å². The first-order valence-corrected chi connectivity index (χ1v) is 9.39. The van der Waals surface area contributed by atoms with E-state index in [-0.39, 0.29) is 30.1 Å². The molecule has 1 atom stereocenters. The number of hydrogen-bond acceptors (Lipinski definition) is 5. The van der Waals surface area contributed by atoms with Crippen molar-refractivity contribution < 1.29 is 9.26 Å². The molecule has 1 fully saturated rings. The Labute approximate surface area is 174 Å². The van der Waals surface area contributed by atoms with Crippen LogP contribution in [0.25, 0.3) is 0 Å². The molecule has 0 aromatic carbocycles. The van der Waals surface area contributed by atoms with Gasteiger partial charge in [-0.2, -0.15) is 4.98 Å². The Bertz CT molecular complexity index is 543. The summed E-state index contributed by atoms with van der Waals surface area (Å²) in [7, 11) is 3.89. The fourth-order valence-electron chi connectivity index (χ4n) is 3.35. The van der Waals surface area contributed by atoms with Crippen molar-refractivity contribution in [2.45, 2.75) is 59.1 Å². The van der Waals surface area contributed by atoms with E-state index in [0.717, 1.165) is 24.3 Å². The van der Waals surface area contributed by atoms with Gasteiger partial charge in [-0.15, -0.1) is 24.0 Å². The second-order valence-corrected chi connectivity index (χ2v) is 7.05. The molecule has 0 radical (unpaired) electrons. The molecular weight excluding hydrogens is 445 g/mol. The van der Waals surface area contributed by atoms with Crippen molar-refractivity contribution in [1.29, 1.82) is 0 Å². The predicted molar refractivity (Wildman–Crippen MR) is 114 cm³/mol. The van der Waals surface area contributed by atoms with Crippen molar-refractivity contribution >= 4 is 29.9 Å². The molecule has 1 N–H and O–H groups in total. The number of hydrogen-bond donors (Lipinski definition) is 1. The molecule has 7 nitrogen and oxygen atoms in total. The second-order valence-electron chi connectivity index (χ2n) is 7.05. The first-order valence-electron chi connectivity index (χ1n) is 9.39. The predicted octanol–water partition coefficient (Wildman–Crippen LogP) is 3.62. The highest BCUT2D eigenvalue weighted by Gasteiger charge is 2.21. The summed E-state index contributed by atoms with van der Waals surface area (Å²) < 4.78 is 10.8. The van der Waals surface area contributed by atoms with Crippen LogP contribution in [-0.4, -0.2) is 48.2 Å². The van der Waals surface area contributed by atoms with Crippen LogP contribution in [0.4, 0.5) is 0 Å². The van der Waals surface area contributed by atoms with Gasteiger partial charge in [0.25, 0.3) is 0 Å². The van der Waals surface area contributed by atoms with Crippen molar-refractivity contribution in [3.63, 3.8) is 0 Å². The highest BCUT2D eigenvalue weighted by atomic mass is 127. The molecule has 1 aliphatic carbocycles. The van der Waals surface area contributed by atoms with E-state index in [2.05, 4.69) is 39.3 Å². The van der Waals surface area contributed by atoms with Gasteiger partial charge >= 0.3 is 0 Å². The SMILES string of the molecule is CCOC(C)c1noc(CNC(=NC)N(C)CC2CCC(C)CC2)n1.I. The monoisotopic (exact) mass is 479 g/mol. The Morgan fingerprint density at radius 3 is 2.69 bits per heavy atom. The summed E-state index contributed by atoms with van der Waals surface area (Å²) in [6, 6.07) is 0. The van der Waals surface area contributed by atoms with Crippen molar-refractivity contribution in [1.82, 2.24) is 20.4 Å². The summed E-state index contributed by atoms with van der Waals surface area (Å²) in [5.74, 6) is 3.61. The molecule has 0 aliphatic heterocycles. The molecule has 0 amide bonds. The number of halogens is 1. The van der Waals surface area contributed by atoms with Crippen LogP contribution in [0.5, 0.6) is 0 Å². The number of ether oxygens (including phenoxy) is 1. The minimum Gasteiger partial charge on any atom is -0.371 e. The third kappa shape index (κ3) is 7.02. The Morgan fingerprint density at radius 2 is 2.08 bits per heavy atom. The average molecular weight is 479 g/mol. The van der Waals surface area contributed by atoms with Gasteiger partial charge in [-0.3, -0.25) is 4.99 Å². The number of nitrogens with one attached hydrogen (secondary N) is 1. The minimum absolute atomic E-state index is 0. The van der Waals surface area contributed by atoms with Crippen molar-refractivity contribution in [3.05, 3.63) is 11.7 Å². The lowest BCUT2D eigenvalue weighted by molar-refractivity contribution is 0.0683. The van der Waals surface area contributed by atoms with E-state index in [4.69, 9.17) is 9.26 Å². The molecule has 0 bridgehead atoms.